The lowest BCUT2D eigenvalue weighted by molar-refractivity contribution is -0.149. The standard InChI is InChI=1S/C10H12F3NO3/c1-16-6-4-3-5(7(15)8(6)17-2)9(14)10(11,12)13/h3-4,9,15H,14H2,1-2H3/t9-/m0/s1. The molecule has 0 bridgehead atoms. The number of ether oxygens (including phenoxy) is 2. The fourth-order valence-electron chi connectivity index (χ4n) is 1.35. The Morgan fingerprint density at radius 2 is 1.82 bits per heavy atom. The van der Waals surface area contributed by atoms with Crippen LogP contribution in [0.25, 0.3) is 0 Å². The third-order valence-corrected chi connectivity index (χ3v) is 2.24. The molecule has 3 N–H and O–H groups in total. The van der Waals surface area contributed by atoms with Crippen LogP contribution in [0.1, 0.15) is 11.6 Å². The topological polar surface area (TPSA) is 64.7 Å². The van der Waals surface area contributed by atoms with Crippen molar-refractivity contribution in [1.29, 1.82) is 0 Å². The van der Waals surface area contributed by atoms with Gasteiger partial charge in [0.15, 0.2) is 11.5 Å². The van der Waals surface area contributed by atoms with Gasteiger partial charge in [-0.25, -0.2) is 0 Å². The Kier molecular flexibility index (Phi) is 3.72. The molecule has 0 amide bonds. The molecule has 0 fully saturated rings. The summed E-state index contributed by atoms with van der Waals surface area (Å²) < 4.78 is 46.9. The molecule has 0 spiro atoms. The first-order valence-electron chi connectivity index (χ1n) is 4.59. The summed E-state index contributed by atoms with van der Waals surface area (Å²) in [6.07, 6.45) is -4.64. The monoisotopic (exact) mass is 251 g/mol. The normalized spacial score (nSPS) is 13.3. The number of phenols is 1. The van der Waals surface area contributed by atoms with Gasteiger partial charge in [0.2, 0.25) is 5.75 Å². The molecule has 0 aliphatic carbocycles. The fraction of sp³-hybridized carbons (Fsp3) is 0.400. The first-order chi connectivity index (χ1) is 7.82. The number of alkyl halides is 3. The van der Waals surface area contributed by atoms with E-state index in [1.807, 2.05) is 0 Å². The van der Waals surface area contributed by atoms with Gasteiger partial charge in [0, 0.05) is 5.56 Å². The molecule has 0 aromatic heterocycles. The van der Waals surface area contributed by atoms with Crippen molar-refractivity contribution in [2.45, 2.75) is 12.2 Å². The van der Waals surface area contributed by atoms with Crippen molar-refractivity contribution in [2.24, 2.45) is 5.73 Å². The maximum Gasteiger partial charge on any atom is 0.407 e. The zero-order valence-corrected chi connectivity index (χ0v) is 9.21. The van der Waals surface area contributed by atoms with E-state index in [1.54, 1.807) is 0 Å². The smallest absolute Gasteiger partial charge is 0.407 e. The minimum absolute atomic E-state index is 0.128. The molecule has 0 radical (unpaired) electrons. The number of rotatable bonds is 3. The number of hydrogen-bond acceptors (Lipinski definition) is 4. The first-order valence-corrected chi connectivity index (χ1v) is 4.59. The lowest BCUT2D eigenvalue weighted by Gasteiger charge is -2.19. The van der Waals surface area contributed by atoms with Crippen molar-refractivity contribution in [3.05, 3.63) is 17.7 Å². The van der Waals surface area contributed by atoms with E-state index < -0.39 is 23.5 Å². The number of nitrogens with two attached hydrogens (primary N) is 1. The Balaban J connectivity index is 3.29. The van der Waals surface area contributed by atoms with Gasteiger partial charge in [-0.2, -0.15) is 13.2 Å². The molecule has 17 heavy (non-hydrogen) atoms. The second-order valence-electron chi connectivity index (χ2n) is 3.26. The summed E-state index contributed by atoms with van der Waals surface area (Å²) >= 11 is 0. The molecule has 0 saturated carbocycles. The van der Waals surface area contributed by atoms with Crippen molar-refractivity contribution in [1.82, 2.24) is 0 Å². The average molecular weight is 251 g/mol. The highest BCUT2D eigenvalue weighted by Crippen LogP contribution is 2.44. The number of hydrogen-bond donors (Lipinski definition) is 2. The van der Waals surface area contributed by atoms with E-state index in [9.17, 15) is 18.3 Å². The zero-order chi connectivity index (χ0) is 13.2. The fourth-order valence-corrected chi connectivity index (χ4v) is 1.35. The van der Waals surface area contributed by atoms with Gasteiger partial charge < -0.3 is 20.3 Å². The molecule has 1 atom stereocenters. The molecular formula is C10H12F3NO3. The molecule has 0 unspecified atom stereocenters. The van der Waals surface area contributed by atoms with Crippen molar-refractivity contribution < 1.29 is 27.8 Å². The Morgan fingerprint density at radius 1 is 1.24 bits per heavy atom. The maximum absolute atomic E-state index is 12.4. The number of halogens is 3. The Hall–Kier alpha value is -1.63. The predicted molar refractivity (Wildman–Crippen MR) is 54.2 cm³/mol. The minimum Gasteiger partial charge on any atom is -0.504 e. The third kappa shape index (κ3) is 2.55. The van der Waals surface area contributed by atoms with Gasteiger partial charge >= 0.3 is 6.18 Å². The van der Waals surface area contributed by atoms with Gasteiger partial charge in [-0.1, -0.05) is 0 Å². The highest BCUT2D eigenvalue weighted by atomic mass is 19.4. The van der Waals surface area contributed by atoms with E-state index in [0.717, 1.165) is 6.07 Å². The second kappa shape index (κ2) is 4.70. The van der Waals surface area contributed by atoms with E-state index in [2.05, 4.69) is 0 Å². The van der Waals surface area contributed by atoms with Gasteiger partial charge in [0.1, 0.15) is 6.04 Å². The van der Waals surface area contributed by atoms with Crippen molar-refractivity contribution in [2.75, 3.05) is 14.2 Å². The van der Waals surface area contributed by atoms with Crippen LogP contribution in [0.5, 0.6) is 17.2 Å². The summed E-state index contributed by atoms with van der Waals surface area (Å²) in [5, 5.41) is 9.65. The first kappa shape index (κ1) is 13.4. The quantitative estimate of drug-likeness (QED) is 0.862. The van der Waals surface area contributed by atoms with Crippen LogP contribution in [0.4, 0.5) is 13.2 Å². The highest BCUT2D eigenvalue weighted by Gasteiger charge is 2.40. The molecule has 0 aliphatic rings. The van der Waals surface area contributed by atoms with Crippen LogP contribution in [-0.4, -0.2) is 25.5 Å². The van der Waals surface area contributed by atoms with Gasteiger partial charge in [0.25, 0.3) is 0 Å². The van der Waals surface area contributed by atoms with Crippen LogP contribution in [0.3, 0.4) is 0 Å². The number of methoxy groups -OCH3 is 2. The van der Waals surface area contributed by atoms with Crippen molar-refractivity contribution in [3.8, 4) is 17.2 Å². The number of aromatic hydroxyl groups is 1. The maximum atomic E-state index is 12.4. The van der Waals surface area contributed by atoms with Crippen LogP contribution in [0.2, 0.25) is 0 Å². The summed E-state index contributed by atoms with van der Waals surface area (Å²) in [4.78, 5) is 0. The van der Waals surface area contributed by atoms with Crippen LogP contribution >= 0.6 is 0 Å². The number of benzene rings is 1. The molecule has 1 rings (SSSR count). The minimum atomic E-state index is -4.64. The molecule has 0 saturated heterocycles. The van der Waals surface area contributed by atoms with E-state index in [4.69, 9.17) is 15.2 Å². The Bertz CT molecular complexity index is 407. The molecule has 96 valence electrons. The summed E-state index contributed by atoms with van der Waals surface area (Å²) in [6, 6.07) is 0.0243. The van der Waals surface area contributed by atoms with E-state index in [1.165, 1.54) is 20.3 Å². The van der Waals surface area contributed by atoms with Crippen molar-refractivity contribution in [3.63, 3.8) is 0 Å². The third-order valence-electron chi connectivity index (χ3n) is 2.24. The molecule has 1 aromatic carbocycles. The molecular weight excluding hydrogens is 239 g/mol. The van der Waals surface area contributed by atoms with Gasteiger partial charge in [-0.3, -0.25) is 0 Å². The van der Waals surface area contributed by atoms with Crippen molar-refractivity contribution >= 4 is 0 Å². The molecule has 1 aromatic rings. The van der Waals surface area contributed by atoms with E-state index in [0.29, 0.717) is 0 Å². The lowest BCUT2D eigenvalue weighted by Crippen LogP contribution is -2.28. The average Bonchev–Trinajstić information content (AvgIpc) is 2.26. The van der Waals surface area contributed by atoms with Crippen LogP contribution in [0.15, 0.2) is 12.1 Å². The summed E-state index contributed by atoms with van der Waals surface area (Å²) in [5.41, 5.74) is 4.54. The molecule has 0 heterocycles. The number of phenolic OH excluding ortho intramolecular Hbond substituents is 1. The SMILES string of the molecule is COc1ccc([C@H](N)C(F)(F)F)c(O)c1OC. The molecule has 0 aliphatic heterocycles. The molecule has 4 nitrogen and oxygen atoms in total. The van der Waals surface area contributed by atoms with Gasteiger partial charge in [-0.15, -0.1) is 0 Å². The van der Waals surface area contributed by atoms with E-state index >= 15 is 0 Å². The highest BCUT2D eigenvalue weighted by molar-refractivity contribution is 5.55. The summed E-state index contributed by atoms with van der Waals surface area (Å²) in [5.74, 6) is -0.718. The van der Waals surface area contributed by atoms with Crippen LogP contribution < -0.4 is 15.2 Å². The summed E-state index contributed by atoms with van der Waals surface area (Å²) in [7, 11) is 2.51. The Labute approximate surface area is 95.7 Å². The largest absolute Gasteiger partial charge is 0.504 e. The lowest BCUT2D eigenvalue weighted by atomic mass is 10.1. The molecule has 7 heteroatoms. The van der Waals surface area contributed by atoms with E-state index in [-0.39, 0.29) is 11.5 Å². The Morgan fingerprint density at radius 3 is 2.24 bits per heavy atom. The van der Waals surface area contributed by atoms with Crippen LogP contribution in [0, 0.1) is 0 Å². The second-order valence-corrected chi connectivity index (χ2v) is 3.26. The zero-order valence-electron chi connectivity index (χ0n) is 9.21. The van der Waals surface area contributed by atoms with Gasteiger partial charge in [0.05, 0.1) is 14.2 Å². The predicted octanol–water partition coefficient (Wildman–Crippen LogP) is 1.97. The van der Waals surface area contributed by atoms with Crippen LogP contribution in [-0.2, 0) is 0 Å². The van der Waals surface area contributed by atoms with Gasteiger partial charge in [-0.05, 0) is 12.1 Å². The summed E-state index contributed by atoms with van der Waals surface area (Å²) in [6.45, 7) is 0.